The number of carbonyl (C=O) groups is 3. The van der Waals surface area contributed by atoms with E-state index in [0.717, 1.165) is 30.7 Å². The van der Waals surface area contributed by atoms with Crippen molar-refractivity contribution in [3.8, 4) is 0 Å². The molecule has 0 aliphatic carbocycles. The summed E-state index contributed by atoms with van der Waals surface area (Å²) in [5.41, 5.74) is 1.29. The number of nitrogens with zero attached hydrogens (tertiary/aromatic N) is 7. The molecule has 4 aliphatic rings. The number of amides is 3. The number of imidazole rings is 2. The number of fused-ring (bicyclic) bond motifs is 2. The summed E-state index contributed by atoms with van der Waals surface area (Å²) in [6.45, 7) is 4.75. The van der Waals surface area contributed by atoms with Crippen LogP contribution < -0.4 is 20.0 Å². The summed E-state index contributed by atoms with van der Waals surface area (Å²) in [5, 5.41) is 2.57. The molecule has 21 heteroatoms. The van der Waals surface area contributed by atoms with Crippen molar-refractivity contribution in [3.63, 3.8) is 0 Å². The number of benzene rings is 4. The average Bonchev–Trinajstić information content (AvgIpc) is 4.25. The number of aromatic amines is 2. The van der Waals surface area contributed by atoms with Gasteiger partial charge in [0.25, 0.3) is 0 Å². The molecule has 0 radical (unpaired) electrons. The van der Waals surface area contributed by atoms with Crippen LogP contribution in [0, 0.1) is 34.9 Å². The monoisotopic (exact) mass is 1030 g/mol. The van der Waals surface area contributed by atoms with Gasteiger partial charge in [0.15, 0.2) is 11.6 Å². The van der Waals surface area contributed by atoms with Crippen LogP contribution >= 0.6 is 0 Å². The van der Waals surface area contributed by atoms with E-state index in [0.29, 0.717) is 78.9 Å². The van der Waals surface area contributed by atoms with Crippen molar-refractivity contribution in [2.24, 2.45) is 0 Å². The first kappa shape index (κ1) is 50.5. The van der Waals surface area contributed by atoms with Gasteiger partial charge in [-0.05, 0) is 100 Å². The molecular weight excluding hydrogens is 971 g/mol. The van der Waals surface area contributed by atoms with Crippen LogP contribution in [-0.2, 0) is 19.1 Å². The number of hydrogen-bond donors (Lipinski definition) is 3. The standard InChI is InChI=1S/C53H58F6N10O5/c1-5-9-46(70)67-16-7-12-44(67)50-60-38-24-30(34(56)26-40(38)62-50)42-14-15-43(69(42)29-22-36(58)49(37(59)23-29)66-20-18-65(19-21-66)48-32(54)10-6-11-33(48)55)31-25-39-41(27-35(31)57)63-51(61-39)45-13-8-17-68(45)52(71)47(28(2)73-3)64-53(72)74-4/h6,10-11,22-28,42-45,47H,5,7-9,12-21H2,1-4H3,(H,60,62)(H,61,63)(H,64,72)/t28-,42+,43+,44+,45+,47+/m1/s1. The van der Waals surface area contributed by atoms with E-state index >= 15 is 17.6 Å². The highest BCUT2D eigenvalue weighted by atomic mass is 19.2. The summed E-state index contributed by atoms with van der Waals surface area (Å²) in [6.07, 6.45) is 2.63. The number of nitrogens with one attached hydrogen (secondary N) is 3. The molecule has 0 spiro atoms. The fraction of sp³-hybridized carbons (Fsp3) is 0.453. The minimum absolute atomic E-state index is 0.0172. The van der Waals surface area contributed by atoms with Crippen molar-refractivity contribution in [1.82, 2.24) is 35.1 Å². The third-order valence-electron chi connectivity index (χ3n) is 15.3. The predicted molar refractivity (Wildman–Crippen MR) is 265 cm³/mol. The van der Waals surface area contributed by atoms with Crippen molar-refractivity contribution < 1.29 is 50.2 Å². The van der Waals surface area contributed by atoms with Gasteiger partial charge in [-0.3, -0.25) is 9.59 Å². The lowest BCUT2D eigenvalue weighted by atomic mass is 10.0. The van der Waals surface area contributed by atoms with Crippen LogP contribution in [0.5, 0.6) is 0 Å². The van der Waals surface area contributed by atoms with Crippen LogP contribution in [0.1, 0.15) is 112 Å². The van der Waals surface area contributed by atoms with Gasteiger partial charge in [0.1, 0.15) is 52.3 Å². The second kappa shape index (κ2) is 20.7. The predicted octanol–water partition coefficient (Wildman–Crippen LogP) is 9.57. The van der Waals surface area contributed by atoms with E-state index < -0.39 is 77.2 Å². The number of carbonyl (C=O) groups excluding carboxylic acids is 3. The summed E-state index contributed by atoms with van der Waals surface area (Å²) in [4.78, 5) is 63.5. The fourth-order valence-corrected chi connectivity index (χ4v) is 11.6. The van der Waals surface area contributed by atoms with Crippen molar-refractivity contribution in [3.05, 3.63) is 112 Å². The number of anilines is 3. The van der Waals surface area contributed by atoms with Crippen LogP contribution in [0.25, 0.3) is 22.1 Å². The smallest absolute Gasteiger partial charge is 0.407 e. The van der Waals surface area contributed by atoms with E-state index in [1.807, 2.05) is 6.92 Å². The van der Waals surface area contributed by atoms with E-state index in [9.17, 15) is 23.2 Å². The maximum atomic E-state index is 16.9. The number of methoxy groups -OCH3 is 2. The molecule has 0 unspecified atom stereocenters. The maximum absolute atomic E-state index is 16.9. The van der Waals surface area contributed by atoms with Crippen LogP contribution in [0.2, 0.25) is 0 Å². The number of likely N-dealkylation sites (tertiary alicyclic amines) is 2. The molecule has 392 valence electrons. The Kier molecular flexibility index (Phi) is 14.1. The van der Waals surface area contributed by atoms with Gasteiger partial charge in [-0.15, -0.1) is 0 Å². The molecule has 2 aromatic heterocycles. The van der Waals surface area contributed by atoms with Gasteiger partial charge >= 0.3 is 6.09 Å². The molecule has 15 nitrogen and oxygen atoms in total. The molecule has 0 bridgehead atoms. The Morgan fingerprint density at radius 2 is 1.16 bits per heavy atom. The molecule has 74 heavy (non-hydrogen) atoms. The Labute approximate surface area is 423 Å². The van der Waals surface area contributed by atoms with Crippen molar-refractivity contribution in [2.45, 2.75) is 102 Å². The van der Waals surface area contributed by atoms with E-state index in [-0.39, 0.29) is 79.2 Å². The topological polar surface area (TPSA) is 155 Å². The van der Waals surface area contributed by atoms with Gasteiger partial charge in [0, 0.05) is 69.6 Å². The van der Waals surface area contributed by atoms with Gasteiger partial charge < -0.3 is 49.3 Å². The third-order valence-corrected chi connectivity index (χ3v) is 15.3. The van der Waals surface area contributed by atoms with E-state index in [1.165, 1.54) is 42.2 Å². The molecule has 4 aliphatic heterocycles. The van der Waals surface area contributed by atoms with Crippen LogP contribution in [-0.4, -0.2) is 113 Å². The lowest BCUT2D eigenvalue weighted by Crippen LogP contribution is -2.54. The Balaban J connectivity index is 1.00. The molecule has 6 aromatic rings. The molecule has 0 saturated carbocycles. The van der Waals surface area contributed by atoms with Crippen LogP contribution in [0.15, 0.2) is 54.6 Å². The second-order valence-corrected chi connectivity index (χ2v) is 19.6. The SMILES string of the molecule is CCCC(=O)N1CCC[C@H]1c1nc2cc([C@@H]3CC[C@@H](c4cc5nc([C@@H]6CCCN6C(=O)[C@@H](NC(=O)OC)[C@@H](C)OC)[nH]c5cc4F)N3c3cc(F)c(N4CCN(c5c(F)cccc5F)CC4)c(F)c3)c(F)cc2[nH]1. The average molecular weight is 1030 g/mol. The van der Waals surface area contributed by atoms with Crippen LogP contribution in [0.4, 0.5) is 48.2 Å². The molecular formula is C53H58F6N10O5. The normalized spacial score (nSPS) is 21.1. The van der Waals surface area contributed by atoms with Crippen molar-refractivity contribution in [1.29, 1.82) is 0 Å². The minimum Gasteiger partial charge on any atom is -0.453 e. The van der Waals surface area contributed by atoms with E-state index in [1.54, 1.807) is 33.8 Å². The number of ether oxygens (including phenoxy) is 2. The summed E-state index contributed by atoms with van der Waals surface area (Å²) in [7, 11) is 2.61. The van der Waals surface area contributed by atoms with Gasteiger partial charge in [-0.25, -0.2) is 41.1 Å². The molecule has 4 fully saturated rings. The van der Waals surface area contributed by atoms with Gasteiger partial charge in [0.2, 0.25) is 11.8 Å². The maximum Gasteiger partial charge on any atom is 0.407 e. The Hall–Kier alpha value is -7.03. The zero-order chi connectivity index (χ0) is 52.1. The molecule has 3 amide bonds. The zero-order valence-corrected chi connectivity index (χ0v) is 41.5. The van der Waals surface area contributed by atoms with Gasteiger partial charge in [-0.1, -0.05) is 13.0 Å². The summed E-state index contributed by atoms with van der Waals surface area (Å²) < 4.78 is 107. The third kappa shape index (κ3) is 9.31. The Morgan fingerprint density at radius 3 is 1.66 bits per heavy atom. The molecule has 4 saturated heterocycles. The van der Waals surface area contributed by atoms with Gasteiger partial charge in [0.05, 0.1) is 59.4 Å². The molecule has 3 N–H and O–H groups in total. The molecule has 4 aromatic carbocycles. The number of piperazine rings is 1. The van der Waals surface area contributed by atoms with E-state index in [2.05, 4.69) is 15.3 Å². The summed E-state index contributed by atoms with van der Waals surface area (Å²) >= 11 is 0. The number of hydrogen-bond acceptors (Lipinski definition) is 10. The van der Waals surface area contributed by atoms with Crippen molar-refractivity contribution >= 4 is 57.0 Å². The number of para-hydroxylation sites is 1. The highest BCUT2D eigenvalue weighted by Crippen LogP contribution is 2.50. The lowest BCUT2D eigenvalue weighted by molar-refractivity contribution is -0.137. The van der Waals surface area contributed by atoms with Crippen molar-refractivity contribution in [2.75, 3.05) is 68.2 Å². The molecule has 6 atom stereocenters. The minimum atomic E-state index is -1.08. The first-order valence-corrected chi connectivity index (χ1v) is 25.2. The summed E-state index contributed by atoms with van der Waals surface area (Å²) in [6, 6.07) is 7.90. The molecule has 10 rings (SSSR count). The number of alkyl carbamates (subject to hydrolysis) is 1. The largest absolute Gasteiger partial charge is 0.453 e. The quantitative estimate of drug-likeness (QED) is 0.0953. The van der Waals surface area contributed by atoms with Gasteiger partial charge in [-0.2, -0.15) is 0 Å². The van der Waals surface area contributed by atoms with E-state index in [4.69, 9.17) is 19.4 Å². The fourth-order valence-electron chi connectivity index (χ4n) is 11.6. The first-order chi connectivity index (χ1) is 35.7. The summed E-state index contributed by atoms with van der Waals surface area (Å²) in [5.74, 6) is -4.13. The highest BCUT2D eigenvalue weighted by Gasteiger charge is 2.42. The number of aromatic nitrogens is 4. The highest BCUT2D eigenvalue weighted by molar-refractivity contribution is 5.87. The Bertz CT molecular complexity index is 3070. The lowest BCUT2D eigenvalue weighted by Gasteiger charge is -2.38. The first-order valence-electron chi connectivity index (χ1n) is 25.2. The Morgan fingerprint density at radius 1 is 0.662 bits per heavy atom. The number of halogens is 6. The molecule has 6 heterocycles. The number of rotatable bonds is 13. The zero-order valence-electron chi connectivity index (χ0n) is 41.5. The number of H-pyrrole nitrogens is 2. The second-order valence-electron chi connectivity index (χ2n) is 19.6. The van der Waals surface area contributed by atoms with Crippen LogP contribution in [0.3, 0.4) is 0 Å².